The molecule has 1 rings (SSSR count). The third kappa shape index (κ3) is 4.13. The summed E-state index contributed by atoms with van der Waals surface area (Å²) < 4.78 is 5.09. The molecular formula is C11H10ClN3O2. The molecule has 0 saturated carbocycles. The summed E-state index contributed by atoms with van der Waals surface area (Å²) in [5, 5.41) is 12.5. The van der Waals surface area contributed by atoms with Gasteiger partial charge >= 0.3 is 0 Å². The highest BCUT2D eigenvalue weighted by atomic mass is 35.5. The van der Waals surface area contributed by atoms with Crippen LogP contribution in [0.2, 0.25) is 5.02 Å². The lowest BCUT2D eigenvalue weighted by Gasteiger charge is -2.04. The van der Waals surface area contributed by atoms with Gasteiger partial charge in [0, 0.05) is 10.6 Å². The number of carbonyl (C=O) groups is 1. The van der Waals surface area contributed by atoms with E-state index in [4.69, 9.17) is 21.6 Å². The molecule has 0 radical (unpaired) electrons. The topological polar surface area (TPSA) is 74.5 Å². The van der Waals surface area contributed by atoms with Crippen molar-refractivity contribution in [2.24, 2.45) is 5.10 Å². The van der Waals surface area contributed by atoms with Crippen LogP contribution in [0.15, 0.2) is 23.3 Å². The Bertz CT molecular complexity index is 480. The standard InChI is InChI=1S/C11H10ClN3O2/c1-17-10-3-2-9(12)6-8(10)7-14-15-11(16)4-5-13/h2-3,6-7H,4H2,1H3,(H,15,16)/b14-7-. The van der Waals surface area contributed by atoms with Gasteiger partial charge in [-0.2, -0.15) is 10.4 Å². The average molecular weight is 252 g/mol. The van der Waals surface area contributed by atoms with Crippen LogP contribution in [0.1, 0.15) is 12.0 Å². The molecule has 0 heterocycles. The maximum absolute atomic E-state index is 10.9. The van der Waals surface area contributed by atoms with Crippen LogP contribution in [0, 0.1) is 11.3 Å². The average Bonchev–Trinajstić information content (AvgIpc) is 2.30. The van der Waals surface area contributed by atoms with Gasteiger partial charge in [-0.3, -0.25) is 4.79 Å². The number of nitriles is 1. The van der Waals surface area contributed by atoms with E-state index in [0.29, 0.717) is 16.3 Å². The molecule has 6 heteroatoms. The van der Waals surface area contributed by atoms with Crippen molar-refractivity contribution >= 4 is 23.7 Å². The van der Waals surface area contributed by atoms with E-state index in [1.807, 2.05) is 0 Å². The van der Waals surface area contributed by atoms with Crippen LogP contribution in [0.25, 0.3) is 0 Å². The number of nitrogens with zero attached hydrogens (tertiary/aromatic N) is 2. The maximum atomic E-state index is 10.9. The predicted molar refractivity (Wildman–Crippen MR) is 64.0 cm³/mol. The summed E-state index contributed by atoms with van der Waals surface area (Å²) in [5.41, 5.74) is 2.85. The Balaban J connectivity index is 2.74. The molecule has 0 unspecified atom stereocenters. The molecule has 1 aromatic rings. The molecule has 0 aromatic heterocycles. The Morgan fingerprint density at radius 1 is 1.71 bits per heavy atom. The van der Waals surface area contributed by atoms with Crippen molar-refractivity contribution in [2.75, 3.05) is 7.11 Å². The van der Waals surface area contributed by atoms with Gasteiger partial charge in [0.2, 0.25) is 0 Å². The third-order valence-electron chi connectivity index (χ3n) is 1.82. The Kier molecular flexibility index (Phi) is 4.98. The summed E-state index contributed by atoms with van der Waals surface area (Å²) in [4.78, 5) is 10.9. The third-order valence-corrected chi connectivity index (χ3v) is 2.06. The largest absolute Gasteiger partial charge is 0.496 e. The highest BCUT2D eigenvalue weighted by molar-refractivity contribution is 6.30. The highest BCUT2D eigenvalue weighted by Crippen LogP contribution is 2.20. The Hall–Kier alpha value is -2.06. The number of nitrogens with one attached hydrogen (secondary N) is 1. The zero-order valence-electron chi connectivity index (χ0n) is 9.11. The SMILES string of the molecule is COc1ccc(Cl)cc1/C=N\NC(=O)CC#N. The Morgan fingerprint density at radius 2 is 2.47 bits per heavy atom. The highest BCUT2D eigenvalue weighted by Gasteiger charge is 2.01. The molecule has 5 nitrogen and oxygen atoms in total. The van der Waals surface area contributed by atoms with E-state index in [9.17, 15) is 4.79 Å². The van der Waals surface area contributed by atoms with Crippen molar-refractivity contribution in [3.8, 4) is 11.8 Å². The quantitative estimate of drug-likeness (QED) is 0.654. The van der Waals surface area contributed by atoms with Crippen LogP contribution in [0.5, 0.6) is 5.75 Å². The van der Waals surface area contributed by atoms with E-state index in [1.54, 1.807) is 24.3 Å². The number of methoxy groups -OCH3 is 1. The summed E-state index contributed by atoms with van der Waals surface area (Å²) in [6.07, 6.45) is 1.17. The minimum Gasteiger partial charge on any atom is -0.496 e. The molecule has 1 amide bonds. The molecule has 0 fully saturated rings. The fourth-order valence-electron chi connectivity index (χ4n) is 1.09. The lowest BCUT2D eigenvalue weighted by Crippen LogP contribution is -2.16. The summed E-state index contributed by atoms with van der Waals surface area (Å²) in [5.74, 6) is 0.123. The van der Waals surface area contributed by atoms with Crippen molar-refractivity contribution < 1.29 is 9.53 Å². The van der Waals surface area contributed by atoms with E-state index in [1.165, 1.54) is 13.3 Å². The van der Waals surface area contributed by atoms with Crippen LogP contribution in [0.3, 0.4) is 0 Å². The summed E-state index contributed by atoms with van der Waals surface area (Å²) in [6.45, 7) is 0. The number of rotatable bonds is 4. The molecule has 88 valence electrons. The molecule has 0 bridgehead atoms. The van der Waals surface area contributed by atoms with Gasteiger partial charge in [0.15, 0.2) is 0 Å². The van der Waals surface area contributed by atoms with Gasteiger partial charge < -0.3 is 4.74 Å². The summed E-state index contributed by atoms with van der Waals surface area (Å²) in [6, 6.07) is 6.75. The number of hydrogen-bond donors (Lipinski definition) is 1. The van der Waals surface area contributed by atoms with E-state index in [2.05, 4.69) is 10.5 Å². The van der Waals surface area contributed by atoms with Crippen molar-refractivity contribution in [2.45, 2.75) is 6.42 Å². The molecule has 0 aliphatic rings. The monoisotopic (exact) mass is 251 g/mol. The van der Waals surface area contributed by atoms with Crippen LogP contribution >= 0.6 is 11.6 Å². The van der Waals surface area contributed by atoms with Crippen LogP contribution < -0.4 is 10.2 Å². The molecule has 0 spiro atoms. The van der Waals surface area contributed by atoms with Crippen LogP contribution in [0.4, 0.5) is 0 Å². The van der Waals surface area contributed by atoms with Gasteiger partial charge in [-0.25, -0.2) is 5.43 Å². The molecule has 0 atom stereocenters. The summed E-state index contributed by atoms with van der Waals surface area (Å²) >= 11 is 5.82. The zero-order chi connectivity index (χ0) is 12.7. The second-order valence-electron chi connectivity index (χ2n) is 3.01. The van der Waals surface area contributed by atoms with Gasteiger partial charge in [-0.05, 0) is 18.2 Å². The number of ether oxygens (including phenoxy) is 1. The number of amides is 1. The molecule has 0 aliphatic heterocycles. The van der Waals surface area contributed by atoms with Gasteiger partial charge in [-0.15, -0.1) is 0 Å². The van der Waals surface area contributed by atoms with E-state index in [-0.39, 0.29) is 6.42 Å². The lowest BCUT2D eigenvalue weighted by molar-refractivity contribution is -0.120. The molecule has 0 aliphatic carbocycles. The second kappa shape index (κ2) is 6.51. The van der Waals surface area contributed by atoms with Crippen molar-refractivity contribution in [3.05, 3.63) is 28.8 Å². The lowest BCUT2D eigenvalue weighted by atomic mass is 10.2. The van der Waals surface area contributed by atoms with E-state index >= 15 is 0 Å². The number of benzene rings is 1. The van der Waals surface area contributed by atoms with Gasteiger partial charge in [-0.1, -0.05) is 11.6 Å². The molecule has 1 N–H and O–H groups in total. The first-order chi connectivity index (χ1) is 8.17. The van der Waals surface area contributed by atoms with Crippen molar-refractivity contribution in [1.29, 1.82) is 5.26 Å². The molecular weight excluding hydrogens is 242 g/mol. The molecule has 0 saturated heterocycles. The zero-order valence-corrected chi connectivity index (χ0v) is 9.86. The molecule has 17 heavy (non-hydrogen) atoms. The van der Waals surface area contributed by atoms with Crippen LogP contribution in [-0.2, 0) is 4.79 Å². The van der Waals surface area contributed by atoms with Gasteiger partial charge in [0.1, 0.15) is 12.2 Å². The normalized spacial score (nSPS) is 9.94. The van der Waals surface area contributed by atoms with E-state index < -0.39 is 5.91 Å². The Labute approximate surface area is 104 Å². The smallest absolute Gasteiger partial charge is 0.254 e. The first-order valence-electron chi connectivity index (χ1n) is 4.69. The number of halogens is 1. The molecule has 1 aromatic carbocycles. The van der Waals surface area contributed by atoms with Gasteiger partial charge in [0.05, 0.1) is 19.4 Å². The first kappa shape index (κ1) is 13.0. The summed E-state index contributed by atoms with van der Waals surface area (Å²) in [7, 11) is 1.52. The van der Waals surface area contributed by atoms with Crippen molar-refractivity contribution in [3.63, 3.8) is 0 Å². The van der Waals surface area contributed by atoms with Crippen molar-refractivity contribution in [1.82, 2.24) is 5.43 Å². The predicted octanol–water partition coefficient (Wildman–Crippen LogP) is 1.71. The maximum Gasteiger partial charge on any atom is 0.254 e. The number of hydrogen-bond acceptors (Lipinski definition) is 4. The van der Waals surface area contributed by atoms with E-state index in [0.717, 1.165) is 0 Å². The Morgan fingerprint density at radius 3 is 3.12 bits per heavy atom. The first-order valence-corrected chi connectivity index (χ1v) is 5.07. The minimum absolute atomic E-state index is 0.232. The van der Waals surface area contributed by atoms with Gasteiger partial charge in [0.25, 0.3) is 5.91 Å². The number of hydrazone groups is 1. The fraction of sp³-hybridized carbons (Fsp3) is 0.182. The fourth-order valence-corrected chi connectivity index (χ4v) is 1.27. The number of carbonyl (C=O) groups excluding carboxylic acids is 1. The van der Waals surface area contributed by atoms with Crippen LogP contribution in [-0.4, -0.2) is 19.2 Å². The minimum atomic E-state index is -0.468. The second-order valence-corrected chi connectivity index (χ2v) is 3.45.